The Hall–Kier alpha value is -2.66. The van der Waals surface area contributed by atoms with Crippen molar-refractivity contribution in [2.75, 3.05) is 11.9 Å². The van der Waals surface area contributed by atoms with Crippen LogP contribution in [0.4, 0.5) is 5.69 Å². The van der Waals surface area contributed by atoms with Crippen molar-refractivity contribution in [1.29, 1.82) is 0 Å². The van der Waals surface area contributed by atoms with Gasteiger partial charge in [0.05, 0.1) is 0 Å². The van der Waals surface area contributed by atoms with E-state index in [9.17, 15) is 4.79 Å². The lowest BCUT2D eigenvalue weighted by molar-refractivity contribution is 0.863. The molecule has 0 fully saturated rings. The molecule has 0 amide bonds. The van der Waals surface area contributed by atoms with E-state index in [1.165, 1.54) is 16.7 Å². The van der Waals surface area contributed by atoms with E-state index in [2.05, 4.69) is 28.6 Å². The Morgan fingerprint density at radius 1 is 1.04 bits per heavy atom. The molecule has 0 radical (unpaired) electrons. The second-order valence-corrected chi connectivity index (χ2v) is 7.05. The van der Waals surface area contributed by atoms with E-state index < -0.39 is 0 Å². The minimum absolute atomic E-state index is 0.0417. The molecule has 3 rings (SSSR count). The molecule has 0 saturated carbocycles. The maximum Gasteiger partial charge on any atom is 0.251 e. The van der Waals surface area contributed by atoms with Gasteiger partial charge in [0.2, 0.25) is 0 Å². The van der Waals surface area contributed by atoms with Gasteiger partial charge in [-0.1, -0.05) is 17.7 Å². The summed E-state index contributed by atoms with van der Waals surface area (Å²) in [7, 11) is 0. The summed E-state index contributed by atoms with van der Waals surface area (Å²) in [6, 6.07) is 14.1. The Morgan fingerprint density at radius 3 is 2.46 bits per heavy atom. The topological polar surface area (TPSA) is 56.9 Å². The van der Waals surface area contributed by atoms with E-state index >= 15 is 0 Å². The maximum atomic E-state index is 12.3. The van der Waals surface area contributed by atoms with Gasteiger partial charge in [-0.05, 0) is 86.3 Å². The van der Waals surface area contributed by atoms with Crippen LogP contribution in [0.15, 0.2) is 47.3 Å². The summed E-state index contributed by atoms with van der Waals surface area (Å²) < 4.78 is 0. The van der Waals surface area contributed by atoms with Crippen molar-refractivity contribution in [1.82, 2.24) is 10.3 Å². The Morgan fingerprint density at radius 2 is 1.73 bits per heavy atom. The lowest BCUT2D eigenvalue weighted by atomic mass is 10.0. The molecule has 0 spiro atoms. The van der Waals surface area contributed by atoms with Gasteiger partial charge in [0, 0.05) is 23.3 Å². The molecule has 0 atom stereocenters. The number of H-pyrrole nitrogens is 1. The Bertz CT molecular complexity index is 1010. The van der Waals surface area contributed by atoms with Crippen LogP contribution in [0.5, 0.6) is 0 Å². The molecule has 1 heterocycles. The van der Waals surface area contributed by atoms with Crippen LogP contribution in [0, 0.1) is 20.8 Å². The summed E-state index contributed by atoms with van der Waals surface area (Å²) in [5.41, 5.74) is 6.14. The molecule has 0 aliphatic heterocycles. The normalized spacial score (nSPS) is 10.7. The molecular weight excluding hydrogens is 342 g/mol. The number of benzene rings is 2. The van der Waals surface area contributed by atoms with Crippen molar-refractivity contribution in [2.45, 2.75) is 27.2 Å². The lowest BCUT2D eigenvalue weighted by Crippen LogP contribution is -2.31. The van der Waals surface area contributed by atoms with Crippen molar-refractivity contribution in [3.63, 3.8) is 0 Å². The standard InChI is InChI=1S/C21H23N3OS/c1-13-4-6-18(7-5-13)23-21(26)22-9-8-16-12-17-10-14(2)15(3)11-19(17)24-20(16)25/h4-7,10-12H,8-9H2,1-3H3,(H,24,25)(H2,22,23,26). The summed E-state index contributed by atoms with van der Waals surface area (Å²) in [5.74, 6) is 0. The number of nitrogens with one attached hydrogen (secondary N) is 3. The number of aromatic amines is 1. The quantitative estimate of drug-likeness (QED) is 0.612. The van der Waals surface area contributed by atoms with Gasteiger partial charge in [-0.3, -0.25) is 4.79 Å². The zero-order valence-corrected chi connectivity index (χ0v) is 16.1. The van der Waals surface area contributed by atoms with Gasteiger partial charge < -0.3 is 15.6 Å². The van der Waals surface area contributed by atoms with Gasteiger partial charge in [-0.25, -0.2) is 0 Å². The SMILES string of the molecule is Cc1ccc(NC(=S)NCCc2cc3cc(C)c(C)cc3[nH]c2=O)cc1. The van der Waals surface area contributed by atoms with Crippen LogP contribution in [-0.2, 0) is 6.42 Å². The molecule has 1 aromatic heterocycles. The van der Waals surface area contributed by atoms with Crippen molar-refractivity contribution >= 4 is 33.9 Å². The minimum atomic E-state index is -0.0417. The third-order valence-corrected chi connectivity index (χ3v) is 4.77. The first-order chi connectivity index (χ1) is 12.4. The van der Waals surface area contributed by atoms with Crippen molar-refractivity contribution in [3.8, 4) is 0 Å². The molecule has 26 heavy (non-hydrogen) atoms. The fourth-order valence-corrected chi connectivity index (χ4v) is 3.05. The molecule has 3 N–H and O–H groups in total. The molecular formula is C21H23N3OS. The molecule has 0 aliphatic carbocycles. The average molecular weight is 366 g/mol. The van der Waals surface area contributed by atoms with Gasteiger partial charge in [0.15, 0.2) is 5.11 Å². The second-order valence-electron chi connectivity index (χ2n) is 6.64. The number of thiocarbonyl (C=S) groups is 1. The molecule has 5 heteroatoms. The fraction of sp³-hybridized carbons (Fsp3) is 0.238. The first-order valence-corrected chi connectivity index (χ1v) is 9.08. The Balaban J connectivity index is 1.63. The minimum Gasteiger partial charge on any atom is -0.362 e. The van der Waals surface area contributed by atoms with Crippen molar-refractivity contribution in [2.24, 2.45) is 0 Å². The molecule has 3 aromatic rings. The Labute approximate surface area is 158 Å². The van der Waals surface area contributed by atoms with Crippen LogP contribution in [-0.4, -0.2) is 16.6 Å². The third kappa shape index (κ3) is 4.29. The van der Waals surface area contributed by atoms with E-state index in [1.54, 1.807) is 0 Å². The summed E-state index contributed by atoms with van der Waals surface area (Å²) in [6.07, 6.45) is 0.605. The number of fused-ring (bicyclic) bond motifs is 1. The zero-order chi connectivity index (χ0) is 18.7. The highest BCUT2D eigenvalue weighted by Gasteiger charge is 2.05. The predicted octanol–water partition coefficient (Wildman–Crippen LogP) is 3.98. The van der Waals surface area contributed by atoms with Gasteiger partial charge in [-0.15, -0.1) is 0 Å². The van der Waals surface area contributed by atoms with Gasteiger partial charge in [0.1, 0.15) is 0 Å². The van der Waals surface area contributed by atoms with Crippen LogP contribution in [0.3, 0.4) is 0 Å². The van der Waals surface area contributed by atoms with Crippen molar-refractivity contribution < 1.29 is 0 Å². The monoisotopic (exact) mass is 365 g/mol. The highest BCUT2D eigenvalue weighted by Crippen LogP contribution is 2.17. The molecule has 134 valence electrons. The van der Waals surface area contributed by atoms with E-state index in [-0.39, 0.29) is 5.56 Å². The highest BCUT2D eigenvalue weighted by atomic mass is 32.1. The molecule has 0 saturated heterocycles. The molecule has 0 aliphatic rings. The van der Waals surface area contributed by atoms with Crippen LogP contribution in [0.1, 0.15) is 22.3 Å². The highest BCUT2D eigenvalue weighted by molar-refractivity contribution is 7.80. The molecule has 0 bridgehead atoms. The van der Waals surface area contributed by atoms with Crippen LogP contribution < -0.4 is 16.2 Å². The summed E-state index contributed by atoms with van der Waals surface area (Å²) in [4.78, 5) is 15.3. The van der Waals surface area contributed by atoms with Gasteiger partial charge >= 0.3 is 0 Å². The number of aromatic nitrogens is 1. The average Bonchev–Trinajstić information content (AvgIpc) is 2.59. The summed E-state index contributed by atoms with van der Waals surface area (Å²) >= 11 is 5.32. The zero-order valence-electron chi connectivity index (χ0n) is 15.3. The van der Waals surface area contributed by atoms with Crippen LogP contribution in [0.25, 0.3) is 10.9 Å². The smallest absolute Gasteiger partial charge is 0.251 e. The lowest BCUT2D eigenvalue weighted by Gasteiger charge is -2.11. The van der Waals surface area contributed by atoms with E-state index in [0.29, 0.717) is 18.1 Å². The molecule has 2 aromatic carbocycles. The third-order valence-electron chi connectivity index (χ3n) is 4.52. The molecule has 0 unspecified atom stereocenters. The number of pyridine rings is 1. The Kier molecular flexibility index (Phi) is 5.38. The van der Waals surface area contributed by atoms with E-state index in [4.69, 9.17) is 12.2 Å². The van der Waals surface area contributed by atoms with Crippen LogP contribution >= 0.6 is 12.2 Å². The van der Waals surface area contributed by atoms with Gasteiger partial charge in [0.25, 0.3) is 5.56 Å². The maximum absolute atomic E-state index is 12.3. The summed E-state index contributed by atoms with van der Waals surface area (Å²) in [6.45, 7) is 6.77. The predicted molar refractivity (Wildman–Crippen MR) is 113 cm³/mol. The largest absolute Gasteiger partial charge is 0.362 e. The van der Waals surface area contributed by atoms with E-state index in [0.717, 1.165) is 22.2 Å². The van der Waals surface area contributed by atoms with E-state index in [1.807, 2.05) is 50.2 Å². The second kappa shape index (κ2) is 7.70. The fourth-order valence-electron chi connectivity index (χ4n) is 2.83. The number of hydrogen-bond donors (Lipinski definition) is 3. The first-order valence-electron chi connectivity index (χ1n) is 8.67. The number of hydrogen-bond acceptors (Lipinski definition) is 2. The van der Waals surface area contributed by atoms with Gasteiger partial charge in [-0.2, -0.15) is 0 Å². The first kappa shape index (κ1) is 18.1. The number of rotatable bonds is 4. The van der Waals surface area contributed by atoms with Crippen molar-refractivity contribution in [3.05, 3.63) is 75.1 Å². The number of aryl methyl sites for hydroxylation is 3. The van der Waals surface area contributed by atoms with Crippen LogP contribution in [0.2, 0.25) is 0 Å². The summed E-state index contributed by atoms with van der Waals surface area (Å²) in [5, 5.41) is 7.92. The molecule has 4 nitrogen and oxygen atoms in total. The number of anilines is 1.